The third-order valence-corrected chi connectivity index (χ3v) is 8.14. The lowest BCUT2D eigenvalue weighted by Gasteiger charge is -2.29. The van der Waals surface area contributed by atoms with Crippen LogP contribution in [0.1, 0.15) is 132 Å². The number of rotatable bonds is 18. The number of anilines is 1. The normalized spacial score (nSPS) is 13.7. The van der Waals surface area contributed by atoms with E-state index in [2.05, 4.69) is 22.2 Å². The van der Waals surface area contributed by atoms with Gasteiger partial charge in [-0.1, -0.05) is 115 Å². The number of nitrogens with zero attached hydrogens (tertiary/aromatic N) is 2. The maximum Gasteiger partial charge on any atom is 0.228 e. The molecule has 3 N–H and O–H groups in total. The standard InChI is InChI=1S/C35H47N3O4/c1-2-3-4-5-6-7-8-9-10-11-12-13-14-15-16-17-31(41)38-34-33-32(26-18-20-27(39)21-19-26)29-23-22-28(40)24-30(29)42-35(33)37-25-36-34/h18-25,32,39-40H,2-17H2,1H3,(H,36,37,38,41). The molecule has 0 bridgehead atoms. The highest BCUT2D eigenvalue weighted by atomic mass is 16.5. The molecule has 2 heterocycles. The molecule has 1 unspecified atom stereocenters. The molecule has 42 heavy (non-hydrogen) atoms. The van der Waals surface area contributed by atoms with Crippen LogP contribution in [0.5, 0.6) is 23.1 Å². The maximum absolute atomic E-state index is 12.9. The Bertz CT molecular complexity index is 1260. The Hall–Kier alpha value is -3.61. The number of aromatic nitrogens is 2. The average molecular weight is 574 g/mol. The van der Waals surface area contributed by atoms with Crippen molar-refractivity contribution < 1.29 is 19.7 Å². The SMILES string of the molecule is CCCCCCCCCCCCCCCCCC(=O)Nc1ncnc2c1C(c1ccc(O)cc1)c1ccc(O)cc1O2. The van der Waals surface area contributed by atoms with Crippen LogP contribution in [0, 0.1) is 0 Å². The van der Waals surface area contributed by atoms with Crippen molar-refractivity contribution in [2.45, 2.75) is 116 Å². The molecule has 4 rings (SSSR count). The molecule has 7 heteroatoms. The molecule has 1 aromatic heterocycles. The molecule has 1 amide bonds. The number of amides is 1. The molecule has 1 aliphatic rings. The van der Waals surface area contributed by atoms with E-state index in [4.69, 9.17) is 4.74 Å². The van der Waals surface area contributed by atoms with Gasteiger partial charge in [0.2, 0.25) is 11.8 Å². The van der Waals surface area contributed by atoms with Gasteiger partial charge in [0, 0.05) is 24.0 Å². The summed E-state index contributed by atoms with van der Waals surface area (Å²) in [7, 11) is 0. The second kappa shape index (κ2) is 16.7. The zero-order valence-corrected chi connectivity index (χ0v) is 25.1. The van der Waals surface area contributed by atoms with Crippen LogP contribution in [0.25, 0.3) is 0 Å². The molecular weight excluding hydrogens is 526 g/mol. The van der Waals surface area contributed by atoms with Gasteiger partial charge in [0.1, 0.15) is 29.4 Å². The number of ether oxygens (including phenoxy) is 1. The van der Waals surface area contributed by atoms with Crippen LogP contribution in [0.2, 0.25) is 0 Å². The van der Waals surface area contributed by atoms with Crippen LogP contribution in [0.3, 0.4) is 0 Å². The van der Waals surface area contributed by atoms with Crippen molar-refractivity contribution in [3.05, 3.63) is 65.5 Å². The fourth-order valence-corrected chi connectivity index (χ4v) is 5.79. The summed E-state index contributed by atoms with van der Waals surface area (Å²) < 4.78 is 6.03. The first-order valence-corrected chi connectivity index (χ1v) is 16.0. The molecule has 7 nitrogen and oxygen atoms in total. The van der Waals surface area contributed by atoms with Crippen LogP contribution < -0.4 is 10.1 Å². The number of fused-ring (bicyclic) bond motifs is 2. The minimum Gasteiger partial charge on any atom is -0.508 e. The summed E-state index contributed by atoms with van der Waals surface area (Å²) in [6, 6.07) is 11.9. The van der Waals surface area contributed by atoms with Crippen molar-refractivity contribution in [3.8, 4) is 23.1 Å². The third-order valence-electron chi connectivity index (χ3n) is 8.14. The summed E-state index contributed by atoms with van der Waals surface area (Å²) in [5, 5.41) is 22.9. The van der Waals surface area contributed by atoms with Crippen LogP contribution in [-0.2, 0) is 4.79 Å². The molecule has 0 saturated heterocycles. The van der Waals surface area contributed by atoms with E-state index in [0.29, 0.717) is 29.4 Å². The number of aromatic hydroxyl groups is 2. The predicted octanol–water partition coefficient (Wildman–Crippen LogP) is 9.37. The van der Waals surface area contributed by atoms with Gasteiger partial charge in [-0.2, -0.15) is 0 Å². The lowest BCUT2D eigenvalue weighted by atomic mass is 9.83. The average Bonchev–Trinajstić information content (AvgIpc) is 2.98. The van der Waals surface area contributed by atoms with Crippen molar-refractivity contribution in [1.29, 1.82) is 0 Å². The number of benzene rings is 2. The highest BCUT2D eigenvalue weighted by molar-refractivity contribution is 5.91. The summed E-state index contributed by atoms with van der Waals surface area (Å²) in [4.78, 5) is 21.7. The van der Waals surface area contributed by atoms with E-state index in [9.17, 15) is 15.0 Å². The molecule has 0 spiro atoms. The second-order valence-electron chi connectivity index (χ2n) is 11.5. The Kier molecular flexibility index (Phi) is 12.5. The quantitative estimate of drug-likeness (QED) is 0.102. The minimum atomic E-state index is -0.341. The van der Waals surface area contributed by atoms with Gasteiger partial charge in [-0.15, -0.1) is 0 Å². The molecule has 1 atom stereocenters. The summed E-state index contributed by atoms with van der Waals surface area (Å²) >= 11 is 0. The lowest BCUT2D eigenvalue weighted by Crippen LogP contribution is -2.19. The number of unbranched alkanes of at least 4 members (excludes halogenated alkanes) is 14. The first kappa shape index (κ1) is 31.3. The lowest BCUT2D eigenvalue weighted by molar-refractivity contribution is -0.116. The summed E-state index contributed by atoms with van der Waals surface area (Å²) in [5.74, 6) is 1.09. The first-order chi connectivity index (χ1) is 20.6. The van der Waals surface area contributed by atoms with Gasteiger partial charge in [0.05, 0.1) is 5.56 Å². The first-order valence-electron chi connectivity index (χ1n) is 16.0. The zero-order chi connectivity index (χ0) is 29.6. The number of nitrogens with one attached hydrogen (secondary N) is 1. The molecular formula is C35H47N3O4. The van der Waals surface area contributed by atoms with Gasteiger partial charge in [-0.05, 0) is 30.2 Å². The minimum absolute atomic E-state index is 0.0773. The number of hydrogen-bond donors (Lipinski definition) is 3. The Morgan fingerprint density at radius 1 is 0.762 bits per heavy atom. The highest BCUT2D eigenvalue weighted by Crippen LogP contribution is 2.49. The summed E-state index contributed by atoms with van der Waals surface area (Å²) in [6.07, 6.45) is 21.1. The maximum atomic E-state index is 12.9. The van der Waals surface area contributed by atoms with Gasteiger partial charge in [0.15, 0.2) is 0 Å². The molecule has 0 radical (unpaired) electrons. The monoisotopic (exact) mass is 573 g/mol. The Morgan fingerprint density at radius 2 is 1.33 bits per heavy atom. The van der Waals surface area contributed by atoms with Crippen LogP contribution in [0.15, 0.2) is 48.8 Å². The summed E-state index contributed by atoms with van der Waals surface area (Å²) in [5.41, 5.74) is 2.36. The molecule has 0 saturated carbocycles. The predicted molar refractivity (Wildman–Crippen MR) is 167 cm³/mol. The largest absolute Gasteiger partial charge is 0.508 e. The van der Waals surface area contributed by atoms with Crippen molar-refractivity contribution in [3.63, 3.8) is 0 Å². The van der Waals surface area contributed by atoms with Gasteiger partial charge in [-0.3, -0.25) is 4.79 Å². The number of phenolic OH excluding ortho intramolecular Hbond substituents is 2. The second-order valence-corrected chi connectivity index (χ2v) is 11.5. The van der Waals surface area contributed by atoms with Crippen LogP contribution in [-0.4, -0.2) is 26.1 Å². The van der Waals surface area contributed by atoms with Crippen LogP contribution in [0.4, 0.5) is 5.82 Å². The smallest absolute Gasteiger partial charge is 0.228 e. The Balaban J connectivity index is 1.22. The molecule has 1 aliphatic heterocycles. The molecule has 226 valence electrons. The van der Waals surface area contributed by atoms with E-state index < -0.39 is 0 Å². The fraction of sp³-hybridized carbons (Fsp3) is 0.514. The van der Waals surface area contributed by atoms with Crippen molar-refractivity contribution in [2.75, 3.05) is 5.32 Å². The fourth-order valence-electron chi connectivity index (χ4n) is 5.79. The Morgan fingerprint density at radius 3 is 1.95 bits per heavy atom. The number of hydrogen-bond acceptors (Lipinski definition) is 6. The van der Waals surface area contributed by atoms with Gasteiger partial charge in [-0.25, -0.2) is 9.97 Å². The number of carbonyl (C=O) groups excluding carboxylic acids is 1. The molecule has 2 aromatic carbocycles. The van der Waals surface area contributed by atoms with Gasteiger partial charge >= 0.3 is 0 Å². The summed E-state index contributed by atoms with van der Waals surface area (Å²) in [6.45, 7) is 2.27. The van der Waals surface area contributed by atoms with Gasteiger partial charge < -0.3 is 20.3 Å². The van der Waals surface area contributed by atoms with E-state index in [1.807, 2.05) is 12.1 Å². The topological polar surface area (TPSA) is 105 Å². The number of carbonyl (C=O) groups is 1. The van der Waals surface area contributed by atoms with Gasteiger partial charge in [0.25, 0.3) is 0 Å². The van der Waals surface area contributed by atoms with E-state index >= 15 is 0 Å². The third kappa shape index (κ3) is 9.20. The Labute approximate surface area is 250 Å². The van der Waals surface area contributed by atoms with Crippen molar-refractivity contribution in [2.24, 2.45) is 0 Å². The zero-order valence-electron chi connectivity index (χ0n) is 25.1. The van der Waals surface area contributed by atoms with E-state index in [-0.39, 0.29) is 23.3 Å². The van der Waals surface area contributed by atoms with Crippen LogP contribution >= 0.6 is 0 Å². The highest BCUT2D eigenvalue weighted by Gasteiger charge is 2.33. The number of phenols is 2. The van der Waals surface area contributed by atoms with E-state index in [0.717, 1.165) is 30.4 Å². The van der Waals surface area contributed by atoms with Crippen molar-refractivity contribution >= 4 is 11.7 Å². The molecule has 3 aromatic rings. The van der Waals surface area contributed by atoms with E-state index in [1.54, 1.807) is 30.3 Å². The molecule has 0 aliphatic carbocycles. The van der Waals surface area contributed by atoms with E-state index in [1.165, 1.54) is 83.4 Å². The molecule has 0 fully saturated rings. The van der Waals surface area contributed by atoms with Crippen molar-refractivity contribution in [1.82, 2.24) is 9.97 Å².